The summed E-state index contributed by atoms with van der Waals surface area (Å²) in [6, 6.07) is 17.4. The number of hydrogen-bond donors (Lipinski definition) is 3. The highest BCUT2D eigenvalue weighted by atomic mass is 32.2. The first-order chi connectivity index (χ1) is 13.3. The van der Waals surface area contributed by atoms with Crippen LogP contribution in [-0.2, 0) is 10.0 Å². The molecule has 0 saturated heterocycles. The number of aryl methyl sites for hydroxylation is 1. The largest absolute Gasteiger partial charge is 0.455 e. The molecule has 0 saturated carbocycles. The second kappa shape index (κ2) is 8.34. The zero-order chi connectivity index (χ0) is 20.1. The van der Waals surface area contributed by atoms with Crippen LogP contribution in [0.5, 0.6) is 0 Å². The van der Waals surface area contributed by atoms with Gasteiger partial charge in [-0.2, -0.15) is 5.10 Å². The van der Waals surface area contributed by atoms with Gasteiger partial charge in [0.25, 0.3) is 0 Å². The van der Waals surface area contributed by atoms with Gasteiger partial charge >= 0.3 is 0 Å². The van der Waals surface area contributed by atoms with Gasteiger partial charge in [0.05, 0.1) is 11.1 Å². The minimum absolute atomic E-state index is 0.0448. The first kappa shape index (κ1) is 19.7. The number of nitrogens with one attached hydrogen (secondary N) is 2. The molecule has 28 heavy (non-hydrogen) atoms. The predicted molar refractivity (Wildman–Crippen MR) is 114 cm³/mol. The third kappa shape index (κ3) is 5.26. The monoisotopic (exact) mass is 414 g/mol. The fraction of sp³-hybridized carbons (Fsp3) is 0.0526. The Morgan fingerprint density at radius 2 is 1.75 bits per heavy atom. The van der Waals surface area contributed by atoms with E-state index in [9.17, 15) is 8.42 Å². The third-order valence-corrected chi connectivity index (χ3v) is 4.88. The Labute approximate surface area is 168 Å². The molecule has 3 aromatic rings. The molecule has 0 bridgehead atoms. The van der Waals surface area contributed by atoms with Gasteiger partial charge in [-0.25, -0.2) is 13.6 Å². The maximum atomic E-state index is 11.3. The highest BCUT2D eigenvalue weighted by molar-refractivity contribution is 7.89. The standard InChI is InChI=1S/C19H18N4O3S2/c1-13-2-6-15(7-3-13)22-19(27)23-21-12-16-8-11-18(26-16)14-4-9-17(10-5-14)28(20,24)25/h2-12H,1H3,(H2,20,24,25)(H2,22,23,27)/b21-12-. The van der Waals surface area contributed by atoms with E-state index < -0.39 is 10.0 Å². The lowest BCUT2D eigenvalue weighted by molar-refractivity contribution is 0.574. The molecular weight excluding hydrogens is 396 g/mol. The van der Waals surface area contributed by atoms with Gasteiger partial charge in [0.1, 0.15) is 11.5 Å². The van der Waals surface area contributed by atoms with Gasteiger partial charge in [0.15, 0.2) is 5.11 Å². The minimum Gasteiger partial charge on any atom is -0.455 e. The van der Waals surface area contributed by atoms with Crippen LogP contribution in [0, 0.1) is 6.92 Å². The van der Waals surface area contributed by atoms with Crippen LogP contribution in [0.15, 0.2) is 75.1 Å². The number of rotatable bonds is 5. The number of hydrogen-bond acceptors (Lipinski definition) is 5. The number of hydrazone groups is 1. The summed E-state index contributed by atoms with van der Waals surface area (Å²) in [6.07, 6.45) is 1.49. The van der Waals surface area contributed by atoms with Crippen molar-refractivity contribution in [2.45, 2.75) is 11.8 Å². The Bertz CT molecular complexity index is 1100. The van der Waals surface area contributed by atoms with E-state index in [0.717, 1.165) is 16.8 Å². The van der Waals surface area contributed by atoms with Crippen LogP contribution < -0.4 is 15.9 Å². The molecule has 0 aliphatic heterocycles. The molecule has 1 heterocycles. The number of primary sulfonamides is 1. The molecule has 144 valence electrons. The average Bonchev–Trinajstić information content (AvgIpc) is 3.12. The van der Waals surface area contributed by atoms with Gasteiger partial charge in [-0.15, -0.1) is 0 Å². The van der Waals surface area contributed by atoms with Crippen molar-refractivity contribution in [3.8, 4) is 11.3 Å². The number of furan rings is 1. The lowest BCUT2D eigenvalue weighted by atomic mass is 10.2. The molecule has 9 heteroatoms. The fourth-order valence-electron chi connectivity index (χ4n) is 2.34. The highest BCUT2D eigenvalue weighted by Crippen LogP contribution is 2.22. The highest BCUT2D eigenvalue weighted by Gasteiger charge is 2.09. The summed E-state index contributed by atoms with van der Waals surface area (Å²) in [7, 11) is -3.72. The SMILES string of the molecule is Cc1ccc(NC(=S)N/N=C\c2ccc(-c3ccc(S(N)(=O)=O)cc3)o2)cc1. The maximum absolute atomic E-state index is 11.3. The lowest BCUT2D eigenvalue weighted by Gasteiger charge is -2.06. The van der Waals surface area contributed by atoms with Crippen molar-refractivity contribution in [1.29, 1.82) is 0 Å². The molecule has 0 aliphatic rings. The molecule has 0 radical (unpaired) electrons. The maximum Gasteiger partial charge on any atom is 0.238 e. The van der Waals surface area contributed by atoms with Crippen molar-refractivity contribution in [2.75, 3.05) is 5.32 Å². The van der Waals surface area contributed by atoms with Gasteiger partial charge < -0.3 is 9.73 Å². The molecule has 0 spiro atoms. The van der Waals surface area contributed by atoms with Gasteiger partial charge in [0, 0.05) is 11.3 Å². The molecule has 4 N–H and O–H groups in total. The summed E-state index contributed by atoms with van der Waals surface area (Å²) < 4.78 is 28.3. The molecule has 0 fully saturated rings. The Morgan fingerprint density at radius 3 is 2.39 bits per heavy atom. The van der Waals surface area contributed by atoms with Gasteiger partial charge in [0.2, 0.25) is 10.0 Å². The van der Waals surface area contributed by atoms with Crippen LogP contribution in [0.4, 0.5) is 5.69 Å². The number of nitrogens with two attached hydrogens (primary N) is 1. The summed E-state index contributed by atoms with van der Waals surface area (Å²) in [5, 5.41) is 12.5. The third-order valence-electron chi connectivity index (χ3n) is 3.76. The Balaban J connectivity index is 1.59. The zero-order valence-electron chi connectivity index (χ0n) is 14.9. The topological polar surface area (TPSA) is 110 Å². The summed E-state index contributed by atoms with van der Waals surface area (Å²) in [5.74, 6) is 1.08. The van der Waals surface area contributed by atoms with Crippen LogP contribution >= 0.6 is 12.2 Å². The number of thiocarbonyl (C=S) groups is 1. The van der Waals surface area contributed by atoms with Crippen LogP contribution in [-0.4, -0.2) is 19.7 Å². The summed E-state index contributed by atoms with van der Waals surface area (Å²) >= 11 is 5.18. The van der Waals surface area contributed by atoms with E-state index in [-0.39, 0.29) is 4.90 Å². The summed E-state index contributed by atoms with van der Waals surface area (Å²) in [6.45, 7) is 2.01. The molecular formula is C19H18N4O3S2. The number of sulfonamides is 1. The van der Waals surface area contributed by atoms with E-state index in [1.54, 1.807) is 24.3 Å². The molecule has 0 aliphatic carbocycles. The van der Waals surface area contributed by atoms with Crippen molar-refractivity contribution in [2.24, 2.45) is 10.2 Å². The van der Waals surface area contributed by atoms with Gasteiger partial charge in [-0.05, 0) is 67.7 Å². The predicted octanol–water partition coefficient (Wildman–Crippen LogP) is 3.22. The number of benzene rings is 2. The molecule has 0 atom stereocenters. The summed E-state index contributed by atoms with van der Waals surface area (Å²) in [4.78, 5) is 0.0448. The van der Waals surface area contributed by atoms with Crippen LogP contribution in [0.1, 0.15) is 11.3 Å². The minimum atomic E-state index is -3.72. The van der Waals surface area contributed by atoms with E-state index in [1.807, 2.05) is 31.2 Å². The van der Waals surface area contributed by atoms with Crippen molar-refractivity contribution >= 4 is 39.3 Å². The van der Waals surface area contributed by atoms with Gasteiger partial charge in [-0.3, -0.25) is 5.43 Å². The normalized spacial score (nSPS) is 11.5. The van der Waals surface area contributed by atoms with Crippen LogP contribution in [0.3, 0.4) is 0 Å². The lowest BCUT2D eigenvalue weighted by Crippen LogP contribution is -2.23. The second-order valence-corrected chi connectivity index (χ2v) is 7.93. The first-order valence-electron chi connectivity index (χ1n) is 8.21. The van der Waals surface area contributed by atoms with E-state index in [0.29, 0.717) is 16.6 Å². The van der Waals surface area contributed by atoms with E-state index in [1.165, 1.54) is 18.3 Å². The fourth-order valence-corrected chi connectivity index (χ4v) is 3.02. The molecule has 2 aromatic carbocycles. The van der Waals surface area contributed by atoms with E-state index in [2.05, 4.69) is 15.8 Å². The molecule has 0 unspecified atom stereocenters. The number of nitrogens with zero attached hydrogens (tertiary/aromatic N) is 1. The summed E-state index contributed by atoms with van der Waals surface area (Å²) in [5.41, 5.74) is 5.46. The van der Waals surface area contributed by atoms with E-state index >= 15 is 0 Å². The van der Waals surface area contributed by atoms with Crippen LogP contribution in [0.25, 0.3) is 11.3 Å². The first-order valence-corrected chi connectivity index (χ1v) is 10.2. The Morgan fingerprint density at radius 1 is 1.07 bits per heavy atom. The van der Waals surface area contributed by atoms with E-state index in [4.69, 9.17) is 21.8 Å². The molecule has 7 nitrogen and oxygen atoms in total. The van der Waals surface area contributed by atoms with Crippen molar-refractivity contribution in [3.63, 3.8) is 0 Å². The quantitative estimate of drug-likeness (QED) is 0.336. The Hall–Kier alpha value is -3.01. The van der Waals surface area contributed by atoms with Crippen molar-refractivity contribution < 1.29 is 12.8 Å². The smallest absolute Gasteiger partial charge is 0.238 e. The molecule has 1 aromatic heterocycles. The van der Waals surface area contributed by atoms with Crippen LogP contribution in [0.2, 0.25) is 0 Å². The van der Waals surface area contributed by atoms with Crippen molar-refractivity contribution in [3.05, 3.63) is 72.0 Å². The number of anilines is 1. The van der Waals surface area contributed by atoms with Gasteiger partial charge in [-0.1, -0.05) is 17.7 Å². The molecule has 3 rings (SSSR count). The Kier molecular flexibility index (Phi) is 5.88. The molecule has 0 amide bonds. The second-order valence-electron chi connectivity index (χ2n) is 5.96. The average molecular weight is 415 g/mol. The zero-order valence-corrected chi connectivity index (χ0v) is 16.5. The van der Waals surface area contributed by atoms with Crippen molar-refractivity contribution in [1.82, 2.24) is 5.43 Å².